The molecule has 0 N–H and O–H groups in total. The first-order valence-corrected chi connectivity index (χ1v) is 0. The molecule has 2 nitrogen and oxygen atoms in total. The van der Waals surface area contributed by atoms with Gasteiger partial charge in [0.1, 0.15) is 0 Å². The molecule has 0 saturated carbocycles. The zero-order valence-electron chi connectivity index (χ0n) is 2.20. The topological polar surface area (TPSA) is 57.0 Å². The minimum atomic E-state index is 0. The van der Waals surface area contributed by atoms with Crippen LogP contribution in [0.1, 0.15) is 0 Å². The van der Waals surface area contributed by atoms with Crippen LogP contribution < -0.4 is 0 Å². The molecule has 0 heterocycles. The molecule has 0 fully saturated rings. The third-order valence-electron chi connectivity index (χ3n) is 0. The van der Waals surface area contributed by atoms with Gasteiger partial charge in [0.2, 0.25) is 0 Å². The van der Waals surface area contributed by atoms with Crippen molar-refractivity contribution in [2.45, 2.75) is 0 Å². The molecule has 24 valence electrons. The average Bonchev–Trinajstić information content (AvgIpc) is 0. The predicted molar refractivity (Wildman–Crippen MR) is 7.13 cm³/mol. The standard InChI is InChI=1S/Al.Au.2O.Ti/q2*+3;2*-2;+4. The van der Waals surface area contributed by atoms with Gasteiger partial charge in [0.25, 0.3) is 0 Å². The van der Waals surface area contributed by atoms with E-state index in [9.17, 15) is 0 Å². The summed E-state index contributed by atoms with van der Waals surface area (Å²) < 4.78 is 0. The van der Waals surface area contributed by atoms with Crippen LogP contribution in [0.4, 0.5) is 0 Å². The summed E-state index contributed by atoms with van der Waals surface area (Å²) in [7, 11) is 0. The van der Waals surface area contributed by atoms with Crippen LogP contribution in [0.2, 0.25) is 0 Å². The SMILES string of the molecule is [Al+3].[Au+3].[O-2].[O-2].[Ti+4]. The second-order valence-corrected chi connectivity index (χ2v) is 0. The average molecular weight is 304 g/mol. The van der Waals surface area contributed by atoms with E-state index >= 15 is 0 Å². The summed E-state index contributed by atoms with van der Waals surface area (Å²) in [5.41, 5.74) is 0. The molecule has 0 bridgehead atoms. The molecule has 0 unspecified atom stereocenters. The summed E-state index contributed by atoms with van der Waals surface area (Å²) in [4.78, 5) is 0. The first-order valence-electron chi connectivity index (χ1n) is 0. The molecule has 0 aliphatic heterocycles. The van der Waals surface area contributed by atoms with Crippen LogP contribution in [0.25, 0.3) is 0 Å². The van der Waals surface area contributed by atoms with Gasteiger partial charge < -0.3 is 11.0 Å². The van der Waals surface area contributed by atoms with Crippen molar-refractivity contribution in [1.82, 2.24) is 0 Å². The van der Waals surface area contributed by atoms with Crippen molar-refractivity contribution >= 4 is 17.4 Å². The Labute approximate surface area is 71.8 Å². The van der Waals surface area contributed by atoms with Crippen LogP contribution in [0, 0.1) is 0 Å². The Morgan fingerprint density at radius 2 is 0.800 bits per heavy atom. The van der Waals surface area contributed by atoms with Gasteiger partial charge >= 0.3 is 61.5 Å². The summed E-state index contributed by atoms with van der Waals surface area (Å²) in [5.74, 6) is 0. The molecular weight excluding hydrogens is 304 g/mol. The largest absolute Gasteiger partial charge is 4.00 e. The summed E-state index contributed by atoms with van der Waals surface area (Å²) in [6.45, 7) is 0. The Bertz CT molecular complexity index is 9.61. The summed E-state index contributed by atoms with van der Waals surface area (Å²) >= 11 is 0. The number of hydrogen-bond acceptors (Lipinski definition) is 0. The third-order valence-corrected chi connectivity index (χ3v) is 0. The van der Waals surface area contributed by atoms with Gasteiger partial charge in [-0.3, -0.25) is 0 Å². The van der Waals surface area contributed by atoms with Gasteiger partial charge in [-0.1, -0.05) is 0 Å². The van der Waals surface area contributed by atoms with Crippen molar-refractivity contribution in [3.63, 3.8) is 0 Å². The second kappa shape index (κ2) is 39.1. The monoisotopic (exact) mass is 304 g/mol. The molecule has 0 aromatic rings. The zero-order chi connectivity index (χ0) is 0. The molecule has 0 saturated heterocycles. The molecule has 0 spiro atoms. The predicted octanol–water partition coefficient (Wildman–Crippen LogP) is -0.623. The smallest absolute Gasteiger partial charge is 2.00 e. The second-order valence-electron chi connectivity index (χ2n) is 0. The van der Waals surface area contributed by atoms with E-state index in [1.54, 1.807) is 0 Å². The Morgan fingerprint density at radius 3 is 0.800 bits per heavy atom. The fourth-order valence-corrected chi connectivity index (χ4v) is 0. The van der Waals surface area contributed by atoms with E-state index in [0.29, 0.717) is 0 Å². The molecule has 0 rings (SSSR count). The van der Waals surface area contributed by atoms with E-state index in [1.807, 2.05) is 0 Å². The molecule has 0 aliphatic carbocycles. The van der Waals surface area contributed by atoms with Crippen LogP contribution in [0.3, 0.4) is 0 Å². The van der Waals surface area contributed by atoms with Crippen LogP contribution in [0.5, 0.6) is 0 Å². The van der Waals surface area contributed by atoms with Crippen molar-refractivity contribution < 1.29 is 55.1 Å². The van der Waals surface area contributed by atoms with Gasteiger partial charge in [-0.05, 0) is 0 Å². The van der Waals surface area contributed by atoms with E-state index in [2.05, 4.69) is 0 Å². The first-order chi connectivity index (χ1) is 0. The maximum atomic E-state index is 0. The Hall–Kier alpha value is 1.91. The van der Waals surface area contributed by atoms with Gasteiger partial charge in [0.15, 0.2) is 0 Å². The maximum absolute atomic E-state index is 0. The summed E-state index contributed by atoms with van der Waals surface area (Å²) in [5, 5.41) is 0. The Balaban J connectivity index is 0. The molecule has 0 amide bonds. The summed E-state index contributed by atoms with van der Waals surface area (Å²) in [6.07, 6.45) is 0. The first kappa shape index (κ1) is 66.3. The quantitative estimate of drug-likeness (QED) is 0.536. The molecule has 0 radical (unpaired) electrons. The fourth-order valence-electron chi connectivity index (χ4n) is 0. The van der Waals surface area contributed by atoms with Crippen LogP contribution in [-0.2, 0) is 55.1 Å². The van der Waals surface area contributed by atoms with E-state index < -0.39 is 0 Å². The van der Waals surface area contributed by atoms with E-state index in [0.717, 1.165) is 0 Å². The molecule has 0 aromatic heterocycles. The molecular formula is AlAuO2Ti+6. The molecule has 0 atom stereocenters. The van der Waals surface area contributed by atoms with Crippen LogP contribution >= 0.6 is 0 Å². The van der Waals surface area contributed by atoms with Crippen molar-refractivity contribution in [1.29, 1.82) is 0 Å². The Morgan fingerprint density at radius 1 is 0.800 bits per heavy atom. The molecule has 0 aliphatic rings. The van der Waals surface area contributed by atoms with Gasteiger partial charge in [-0.15, -0.1) is 0 Å². The van der Waals surface area contributed by atoms with E-state index in [-0.39, 0.29) is 72.4 Å². The molecule has 5 heteroatoms. The van der Waals surface area contributed by atoms with Crippen molar-refractivity contribution in [3.8, 4) is 0 Å². The van der Waals surface area contributed by atoms with Gasteiger partial charge in [-0.2, -0.15) is 0 Å². The van der Waals surface area contributed by atoms with Crippen LogP contribution in [0.15, 0.2) is 0 Å². The van der Waals surface area contributed by atoms with E-state index in [4.69, 9.17) is 0 Å². The zero-order valence-corrected chi connectivity index (χ0v) is 7.08. The molecule has 0 aromatic carbocycles. The van der Waals surface area contributed by atoms with Crippen molar-refractivity contribution in [3.05, 3.63) is 0 Å². The van der Waals surface area contributed by atoms with Gasteiger partial charge in [0, 0.05) is 0 Å². The van der Waals surface area contributed by atoms with E-state index in [1.165, 1.54) is 0 Å². The van der Waals surface area contributed by atoms with Gasteiger partial charge in [0.05, 0.1) is 0 Å². The van der Waals surface area contributed by atoms with Crippen LogP contribution in [-0.4, -0.2) is 17.4 Å². The Kier molecular flexibility index (Phi) is 518. The minimum absolute atomic E-state index is 0. The third kappa shape index (κ3) is 24.8. The normalized spacial score (nSPS) is 0. The van der Waals surface area contributed by atoms with Crippen molar-refractivity contribution in [2.24, 2.45) is 0 Å². The maximum Gasteiger partial charge on any atom is 4.00 e. The van der Waals surface area contributed by atoms with Gasteiger partial charge in [-0.25, -0.2) is 0 Å². The fraction of sp³-hybridized carbons (Fsp3) is 0. The number of rotatable bonds is 0. The molecule has 5 heavy (non-hydrogen) atoms. The van der Waals surface area contributed by atoms with Crippen molar-refractivity contribution in [2.75, 3.05) is 0 Å². The number of hydrogen-bond donors (Lipinski definition) is 0. The minimum Gasteiger partial charge on any atom is -2.00 e. The summed E-state index contributed by atoms with van der Waals surface area (Å²) in [6, 6.07) is 0.